The maximum atomic E-state index is 5.98. The molecule has 1 unspecified atom stereocenters. The van der Waals surface area contributed by atoms with Crippen LogP contribution in [0.25, 0.3) is 0 Å². The first-order valence-electron chi connectivity index (χ1n) is 6.31. The molecule has 0 aliphatic carbocycles. The van der Waals surface area contributed by atoms with Gasteiger partial charge in [-0.15, -0.1) is 0 Å². The van der Waals surface area contributed by atoms with Gasteiger partial charge in [-0.25, -0.2) is 0 Å². The second kappa shape index (κ2) is 6.25. The summed E-state index contributed by atoms with van der Waals surface area (Å²) < 4.78 is 11.3. The fourth-order valence-corrected chi connectivity index (χ4v) is 1.95. The van der Waals surface area contributed by atoms with Crippen molar-refractivity contribution in [1.82, 2.24) is 0 Å². The molecule has 1 atom stereocenters. The Morgan fingerprint density at radius 1 is 1.05 bits per heavy atom. The first-order valence-corrected chi connectivity index (χ1v) is 6.31. The quantitative estimate of drug-likeness (QED) is 0.895. The average Bonchev–Trinajstić information content (AvgIpc) is 2.46. The molecule has 3 nitrogen and oxygen atoms in total. The normalized spacial score (nSPS) is 11.9. The molecule has 2 rings (SSSR count). The molecule has 0 radical (unpaired) electrons. The lowest BCUT2D eigenvalue weighted by Gasteiger charge is -2.19. The molecule has 2 aromatic carbocycles. The Morgan fingerprint density at radius 2 is 1.79 bits per heavy atom. The number of nitrogens with two attached hydrogens (primary N) is 1. The highest BCUT2D eigenvalue weighted by molar-refractivity contribution is 5.43. The Hall–Kier alpha value is -2.00. The van der Waals surface area contributed by atoms with Crippen molar-refractivity contribution in [2.24, 2.45) is 5.73 Å². The number of methoxy groups -OCH3 is 1. The standard InChI is InChI=1S/C16H19NO2/c1-12-8-9-14(15(10-12)18-2)19-16(11-17)13-6-4-3-5-7-13/h3-10,16H,11,17H2,1-2H3. The van der Waals surface area contributed by atoms with Crippen molar-refractivity contribution < 1.29 is 9.47 Å². The van der Waals surface area contributed by atoms with Gasteiger partial charge in [-0.1, -0.05) is 36.4 Å². The van der Waals surface area contributed by atoms with Crippen LogP contribution in [0.1, 0.15) is 17.2 Å². The molecule has 3 heteroatoms. The molecule has 0 saturated carbocycles. The number of rotatable bonds is 5. The molecule has 0 heterocycles. The van der Waals surface area contributed by atoms with Crippen LogP contribution in [-0.4, -0.2) is 13.7 Å². The van der Waals surface area contributed by atoms with Gasteiger partial charge in [0.05, 0.1) is 7.11 Å². The van der Waals surface area contributed by atoms with Crippen molar-refractivity contribution in [2.75, 3.05) is 13.7 Å². The van der Waals surface area contributed by atoms with Crippen molar-refractivity contribution in [2.45, 2.75) is 13.0 Å². The molecule has 0 spiro atoms. The van der Waals surface area contributed by atoms with E-state index in [1.807, 2.05) is 55.5 Å². The maximum absolute atomic E-state index is 5.98. The van der Waals surface area contributed by atoms with Crippen LogP contribution < -0.4 is 15.2 Å². The Balaban J connectivity index is 2.24. The summed E-state index contributed by atoms with van der Waals surface area (Å²) in [5.74, 6) is 1.45. The maximum Gasteiger partial charge on any atom is 0.162 e. The molecular formula is C16H19NO2. The summed E-state index contributed by atoms with van der Waals surface area (Å²) in [6, 6.07) is 15.8. The average molecular weight is 257 g/mol. The summed E-state index contributed by atoms with van der Waals surface area (Å²) in [5, 5.41) is 0. The van der Waals surface area contributed by atoms with Gasteiger partial charge < -0.3 is 15.2 Å². The van der Waals surface area contributed by atoms with Crippen molar-refractivity contribution in [3.8, 4) is 11.5 Å². The number of hydrogen-bond donors (Lipinski definition) is 1. The SMILES string of the molecule is COc1cc(C)ccc1OC(CN)c1ccccc1. The van der Waals surface area contributed by atoms with Gasteiger partial charge in [0.15, 0.2) is 11.5 Å². The van der Waals surface area contributed by atoms with Crippen LogP contribution in [0.4, 0.5) is 0 Å². The second-order valence-corrected chi connectivity index (χ2v) is 4.41. The van der Waals surface area contributed by atoms with E-state index < -0.39 is 0 Å². The molecule has 0 aliphatic heterocycles. The summed E-state index contributed by atoms with van der Waals surface area (Å²) in [5.41, 5.74) is 8.00. The lowest BCUT2D eigenvalue weighted by Crippen LogP contribution is -2.18. The van der Waals surface area contributed by atoms with E-state index >= 15 is 0 Å². The third-order valence-corrected chi connectivity index (χ3v) is 2.97. The molecule has 0 saturated heterocycles. The molecule has 0 amide bonds. The zero-order chi connectivity index (χ0) is 13.7. The van der Waals surface area contributed by atoms with Crippen molar-refractivity contribution >= 4 is 0 Å². The van der Waals surface area contributed by atoms with E-state index in [9.17, 15) is 0 Å². The zero-order valence-electron chi connectivity index (χ0n) is 11.3. The smallest absolute Gasteiger partial charge is 0.162 e. The minimum atomic E-state index is -0.169. The predicted molar refractivity (Wildman–Crippen MR) is 76.6 cm³/mol. The molecule has 0 aliphatic rings. The molecule has 19 heavy (non-hydrogen) atoms. The van der Waals surface area contributed by atoms with Crippen LogP contribution in [0.2, 0.25) is 0 Å². The van der Waals surface area contributed by atoms with Gasteiger partial charge in [-0.3, -0.25) is 0 Å². The number of benzene rings is 2. The number of hydrogen-bond acceptors (Lipinski definition) is 3. The number of aryl methyl sites for hydroxylation is 1. The fraction of sp³-hybridized carbons (Fsp3) is 0.250. The summed E-state index contributed by atoms with van der Waals surface area (Å²) in [7, 11) is 1.64. The Morgan fingerprint density at radius 3 is 2.42 bits per heavy atom. The first-order chi connectivity index (χ1) is 9.24. The molecule has 0 aromatic heterocycles. The van der Waals surface area contributed by atoms with Crippen molar-refractivity contribution in [3.63, 3.8) is 0 Å². The molecule has 0 bridgehead atoms. The molecule has 100 valence electrons. The van der Waals surface area contributed by atoms with E-state index in [1.165, 1.54) is 0 Å². The zero-order valence-corrected chi connectivity index (χ0v) is 11.3. The van der Waals surface area contributed by atoms with Crippen molar-refractivity contribution in [3.05, 3.63) is 59.7 Å². The largest absolute Gasteiger partial charge is 0.493 e. The summed E-state index contributed by atoms with van der Waals surface area (Å²) in [4.78, 5) is 0. The molecule has 2 N–H and O–H groups in total. The highest BCUT2D eigenvalue weighted by Crippen LogP contribution is 2.31. The third-order valence-electron chi connectivity index (χ3n) is 2.97. The van der Waals surface area contributed by atoms with Crippen LogP contribution in [-0.2, 0) is 0 Å². The predicted octanol–water partition coefficient (Wildman–Crippen LogP) is 3.08. The Bertz CT molecular complexity index is 526. The van der Waals surface area contributed by atoms with E-state index in [2.05, 4.69) is 0 Å². The fourth-order valence-electron chi connectivity index (χ4n) is 1.95. The van der Waals surface area contributed by atoms with Gasteiger partial charge in [-0.2, -0.15) is 0 Å². The van der Waals surface area contributed by atoms with Crippen LogP contribution in [0.5, 0.6) is 11.5 Å². The molecule has 0 fully saturated rings. The summed E-state index contributed by atoms with van der Waals surface area (Å²) in [6.45, 7) is 2.44. The van der Waals surface area contributed by atoms with Gasteiger partial charge in [0.2, 0.25) is 0 Å². The van der Waals surface area contributed by atoms with Crippen LogP contribution in [0.15, 0.2) is 48.5 Å². The minimum absolute atomic E-state index is 0.169. The van der Waals surface area contributed by atoms with Gasteiger partial charge in [0, 0.05) is 6.54 Å². The van der Waals surface area contributed by atoms with Gasteiger partial charge >= 0.3 is 0 Å². The van der Waals surface area contributed by atoms with E-state index in [0.29, 0.717) is 12.3 Å². The lowest BCUT2D eigenvalue weighted by molar-refractivity contribution is 0.204. The minimum Gasteiger partial charge on any atom is -0.493 e. The van der Waals surface area contributed by atoms with E-state index in [0.717, 1.165) is 16.9 Å². The van der Waals surface area contributed by atoms with Gasteiger partial charge in [0.1, 0.15) is 6.10 Å². The monoisotopic (exact) mass is 257 g/mol. The van der Waals surface area contributed by atoms with Crippen LogP contribution in [0.3, 0.4) is 0 Å². The second-order valence-electron chi connectivity index (χ2n) is 4.41. The first kappa shape index (κ1) is 13.4. The van der Waals surface area contributed by atoms with Crippen molar-refractivity contribution in [1.29, 1.82) is 0 Å². The van der Waals surface area contributed by atoms with E-state index in [4.69, 9.17) is 15.2 Å². The highest BCUT2D eigenvalue weighted by Gasteiger charge is 2.14. The van der Waals surface area contributed by atoms with Gasteiger partial charge in [0.25, 0.3) is 0 Å². The summed E-state index contributed by atoms with van der Waals surface area (Å²) >= 11 is 0. The highest BCUT2D eigenvalue weighted by atomic mass is 16.5. The van der Waals surface area contributed by atoms with Gasteiger partial charge in [-0.05, 0) is 30.2 Å². The lowest BCUT2D eigenvalue weighted by atomic mass is 10.1. The Labute approximate surface area is 114 Å². The van der Waals surface area contributed by atoms with Crippen LogP contribution in [0, 0.1) is 6.92 Å². The van der Waals surface area contributed by atoms with E-state index in [1.54, 1.807) is 7.11 Å². The van der Waals surface area contributed by atoms with Crippen LogP contribution >= 0.6 is 0 Å². The Kier molecular flexibility index (Phi) is 4.42. The summed E-state index contributed by atoms with van der Waals surface area (Å²) in [6.07, 6.45) is -0.169. The topological polar surface area (TPSA) is 44.5 Å². The van der Waals surface area contributed by atoms with E-state index in [-0.39, 0.29) is 6.10 Å². The number of ether oxygens (including phenoxy) is 2. The molecule has 2 aromatic rings. The third kappa shape index (κ3) is 3.26. The molecular weight excluding hydrogens is 238 g/mol.